The van der Waals surface area contributed by atoms with Crippen molar-refractivity contribution in [1.82, 2.24) is 9.80 Å². The minimum atomic E-state index is -0.0315. The van der Waals surface area contributed by atoms with E-state index in [-0.39, 0.29) is 6.03 Å². The molecule has 0 aliphatic carbocycles. The standard InChI is InChI=1S/C20H23Cl2N3O/c1-15-3-2-4-18(13-15)23-20(26)25-11-9-24(10-12-25)8-7-16-5-6-17(21)14-19(16)22/h2-6,13-14H,7-12H2,1H3,(H,23,26). The van der Waals surface area contributed by atoms with Crippen LogP contribution in [-0.2, 0) is 6.42 Å². The number of nitrogens with one attached hydrogen (secondary N) is 1. The van der Waals surface area contributed by atoms with Crippen molar-refractivity contribution in [1.29, 1.82) is 0 Å². The van der Waals surface area contributed by atoms with Gasteiger partial charge in [0.2, 0.25) is 0 Å². The van der Waals surface area contributed by atoms with Crippen molar-refractivity contribution < 1.29 is 4.79 Å². The molecule has 6 heteroatoms. The van der Waals surface area contributed by atoms with E-state index < -0.39 is 0 Å². The highest BCUT2D eigenvalue weighted by molar-refractivity contribution is 6.35. The molecule has 0 atom stereocenters. The Kier molecular flexibility index (Phi) is 6.41. The molecule has 138 valence electrons. The molecule has 0 unspecified atom stereocenters. The Labute approximate surface area is 164 Å². The lowest BCUT2D eigenvalue weighted by Crippen LogP contribution is -2.50. The first kappa shape index (κ1) is 19.0. The van der Waals surface area contributed by atoms with Gasteiger partial charge in [0.25, 0.3) is 0 Å². The quantitative estimate of drug-likeness (QED) is 0.819. The number of aryl methyl sites for hydroxylation is 1. The van der Waals surface area contributed by atoms with Gasteiger partial charge in [-0.05, 0) is 48.7 Å². The van der Waals surface area contributed by atoms with Crippen molar-refractivity contribution in [3.05, 3.63) is 63.6 Å². The highest BCUT2D eigenvalue weighted by atomic mass is 35.5. The van der Waals surface area contributed by atoms with E-state index in [1.807, 2.05) is 48.2 Å². The third kappa shape index (κ3) is 5.13. The maximum absolute atomic E-state index is 12.4. The van der Waals surface area contributed by atoms with Gasteiger partial charge < -0.3 is 10.2 Å². The molecule has 1 heterocycles. The fourth-order valence-electron chi connectivity index (χ4n) is 3.10. The van der Waals surface area contributed by atoms with Crippen LogP contribution in [0.3, 0.4) is 0 Å². The largest absolute Gasteiger partial charge is 0.322 e. The van der Waals surface area contributed by atoms with E-state index >= 15 is 0 Å². The summed E-state index contributed by atoms with van der Waals surface area (Å²) in [6.45, 7) is 6.13. The first-order valence-corrected chi connectivity index (χ1v) is 9.56. The topological polar surface area (TPSA) is 35.6 Å². The third-order valence-electron chi connectivity index (χ3n) is 4.64. The predicted octanol–water partition coefficient (Wildman–Crippen LogP) is 4.69. The fourth-order valence-corrected chi connectivity index (χ4v) is 3.61. The van der Waals surface area contributed by atoms with E-state index in [1.54, 1.807) is 6.07 Å². The molecule has 1 N–H and O–H groups in total. The average molecular weight is 392 g/mol. The lowest BCUT2D eigenvalue weighted by Gasteiger charge is -2.34. The number of rotatable bonds is 4. The van der Waals surface area contributed by atoms with Gasteiger partial charge in [-0.2, -0.15) is 0 Å². The van der Waals surface area contributed by atoms with Gasteiger partial charge in [-0.15, -0.1) is 0 Å². The molecule has 0 spiro atoms. The van der Waals surface area contributed by atoms with Gasteiger partial charge >= 0.3 is 6.03 Å². The van der Waals surface area contributed by atoms with E-state index in [2.05, 4.69) is 10.2 Å². The SMILES string of the molecule is Cc1cccc(NC(=O)N2CCN(CCc3ccc(Cl)cc3Cl)CC2)c1. The van der Waals surface area contributed by atoms with Crippen molar-refractivity contribution in [2.75, 3.05) is 38.0 Å². The number of nitrogens with zero attached hydrogens (tertiary/aromatic N) is 2. The van der Waals surface area contributed by atoms with Crippen LogP contribution in [0.1, 0.15) is 11.1 Å². The van der Waals surface area contributed by atoms with Crippen molar-refractivity contribution in [3.8, 4) is 0 Å². The van der Waals surface area contributed by atoms with E-state index in [0.717, 1.165) is 56.0 Å². The monoisotopic (exact) mass is 391 g/mol. The molecular weight excluding hydrogens is 369 g/mol. The summed E-state index contributed by atoms with van der Waals surface area (Å²) in [5.74, 6) is 0. The van der Waals surface area contributed by atoms with E-state index in [1.165, 1.54) is 0 Å². The minimum Gasteiger partial charge on any atom is -0.322 e. The summed E-state index contributed by atoms with van der Waals surface area (Å²) in [7, 11) is 0. The molecule has 1 fully saturated rings. The fraction of sp³-hybridized carbons (Fsp3) is 0.350. The second-order valence-electron chi connectivity index (χ2n) is 6.61. The number of carbonyl (C=O) groups is 1. The summed E-state index contributed by atoms with van der Waals surface area (Å²) in [6, 6.07) is 13.5. The average Bonchev–Trinajstić information content (AvgIpc) is 2.61. The van der Waals surface area contributed by atoms with Crippen LogP contribution in [0.2, 0.25) is 10.0 Å². The van der Waals surface area contributed by atoms with E-state index in [0.29, 0.717) is 10.0 Å². The molecule has 0 bridgehead atoms. The molecule has 2 aromatic rings. The smallest absolute Gasteiger partial charge is 0.321 e. The number of amides is 2. The minimum absolute atomic E-state index is 0.0315. The summed E-state index contributed by atoms with van der Waals surface area (Å²) in [6.07, 6.45) is 0.880. The van der Waals surface area contributed by atoms with Gasteiger partial charge in [-0.1, -0.05) is 41.4 Å². The maximum Gasteiger partial charge on any atom is 0.321 e. The zero-order chi connectivity index (χ0) is 18.5. The van der Waals surface area contributed by atoms with Gasteiger partial charge in [0, 0.05) is 48.5 Å². The number of hydrogen-bond acceptors (Lipinski definition) is 2. The number of hydrogen-bond donors (Lipinski definition) is 1. The second kappa shape index (κ2) is 8.76. The molecule has 2 amide bonds. The molecular formula is C20H23Cl2N3O. The number of carbonyl (C=O) groups excluding carboxylic acids is 1. The molecule has 26 heavy (non-hydrogen) atoms. The van der Waals surface area contributed by atoms with E-state index in [4.69, 9.17) is 23.2 Å². The Balaban J connectivity index is 1.45. The molecule has 0 saturated carbocycles. The predicted molar refractivity (Wildman–Crippen MR) is 108 cm³/mol. The molecule has 1 aliphatic heterocycles. The lowest BCUT2D eigenvalue weighted by atomic mass is 10.1. The van der Waals surface area contributed by atoms with Gasteiger partial charge in [0.05, 0.1) is 0 Å². The van der Waals surface area contributed by atoms with Crippen LogP contribution in [-0.4, -0.2) is 48.6 Å². The summed E-state index contributed by atoms with van der Waals surface area (Å²) in [5, 5.41) is 4.35. The molecule has 2 aromatic carbocycles. The second-order valence-corrected chi connectivity index (χ2v) is 7.46. The van der Waals surface area contributed by atoms with Crippen LogP contribution in [0, 0.1) is 6.92 Å². The van der Waals surface area contributed by atoms with Gasteiger partial charge in [-0.3, -0.25) is 4.90 Å². The van der Waals surface area contributed by atoms with Gasteiger partial charge in [0.1, 0.15) is 0 Å². The Bertz CT molecular complexity index is 773. The molecule has 1 saturated heterocycles. The third-order valence-corrected chi connectivity index (χ3v) is 5.23. The van der Waals surface area contributed by atoms with E-state index in [9.17, 15) is 4.79 Å². The lowest BCUT2D eigenvalue weighted by molar-refractivity contribution is 0.148. The zero-order valence-electron chi connectivity index (χ0n) is 14.8. The Morgan fingerprint density at radius 3 is 2.54 bits per heavy atom. The van der Waals surface area contributed by atoms with Crippen molar-refractivity contribution >= 4 is 34.9 Å². The number of piperazine rings is 1. The number of benzene rings is 2. The summed E-state index contributed by atoms with van der Waals surface area (Å²) < 4.78 is 0. The Morgan fingerprint density at radius 2 is 1.85 bits per heavy atom. The molecule has 4 nitrogen and oxygen atoms in total. The molecule has 0 aromatic heterocycles. The number of urea groups is 1. The van der Waals surface area contributed by atoms with Crippen LogP contribution in [0.5, 0.6) is 0 Å². The Morgan fingerprint density at radius 1 is 1.08 bits per heavy atom. The summed E-state index contributed by atoms with van der Waals surface area (Å²) in [4.78, 5) is 16.6. The molecule has 0 radical (unpaired) electrons. The summed E-state index contributed by atoms with van der Waals surface area (Å²) in [5.41, 5.74) is 3.08. The van der Waals surface area contributed by atoms with Crippen LogP contribution >= 0.6 is 23.2 Å². The first-order valence-electron chi connectivity index (χ1n) is 8.80. The van der Waals surface area contributed by atoms with Crippen molar-refractivity contribution in [2.45, 2.75) is 13.3 Å². The van der Waals surface area contributed by atoms with Crippen molar-refractivity contribution in [3.63, 3.8) is 0 Å². The zero-order valence-corrected chi connectivity index (χ0v) is 16.4. The van der Waals surface area contributed by atoms with Crippen LogP contribution in [0.4, 0.5) is 10.5 Å². The Hall–Kier alpha value is -1.75. The normalized spacial score (nSPS) is 15.1. The van der Waals surface area contributed by atoms with Crippen LogP contribution in [0.25, 0.3) is 0 Å². The van der Waals surface area contributed by atoms with Crippen molar-refractivity contribution in [2.24, 2.45) is 0 Å². The van der Waals surface area contributed by atoms with Gasteiger partial charge in [-0.25, -0.2) is 4.79 Å². The van der Waals surface area contributed by atoms with Gasteiger partial charge in [0.15, 0.2) is 0 Å². The maximum atomic E-state index is 12.4. The summed E-state index contributed by atoms with van der Waals surface area (Å²) >= 11 is 12.2. The molecule has 1 aliphatic rings. The first-order chi connectivity index (χ1) is 12.5. The van der Waals surface area contributed by atoms with Crippen LogP contribution in [0.15, 0.2) is 42.5 Å². The van der Waals surface area contributed by atoms with Crippen LogP contribution < -0.4 is 5.32 Å². The highest BCUT2D eigenvalue weighted by Gasteiger charge is 2.21. The number of anilines is 1. The highest BCUT2D eigenvalue weighted by Crippen LogP contribution is 2.21. The molecule has 3 rings (SSSR count). The number of halogens is 2.